The molecule has 2 aliphatic heterocycles. The second-order valence-corrected chi connectivity index (χ2v) is 9.35. The van der Waals surface area contributed by atoms with Gasteiger partial charge in [-0.15, -0.1) is 0 Å². The van der Waals surface area contributed by atoms with E-state index in [1.54, 1.807) is 5.57 Å². The standard InChI is InChI=1S/C21H33NO2/c1-14-6-5-9-22(12-14)13-17-16-10-18-15(2)7-4-8-21(18,3)11-19(16)24-20(17)23/h10,14-17,19H,4-9,11-13H2,1-3H3/t14?,15-,16+,17?,19+,21+/m0/s1. The molecule has 2 unspecified atom stereocenters. The minimum atomic E-state index is 0.0616. The summed E-state index contributed by atoms with van der Waals surface area (Å²) in [5.74, 6) is 1.88. The summed E-state index contributed by atoms with van der Waals surface area (Å²) in [5, 5.41) is 0. The first-order chi connectivity index (χ1) is 11.5. The van der Waals surface area contributed by atoms with Gasteiger partial charge in [0.1, 0.15) is 6.10 Å². The second-order valence-electron chi connectivity index (χ2n) is 9.35. The lowest BCUT2D eigenvalue weighted by Crippen LogP contribution is -2.42. The number of hydrogen-bond acceptors (Lipinski definition) is 3. The van der Waals surface area contributed by atoms with E-state index in [0.29, 0.717) is 11.8 Å². The zero-order valence-electron chi connectivity index (χ0n) is 15.6. The fourth-order valence-corrected chi connectivity index (χ4v) is 5.99. The Morgan fingerprint density at radius 3 is 2.92 bits per heavy atom. The van der Waals surface area contributed by atoms with Gasteiger partial charge in [-0.25, -0.2) is 0 Å². The van der Waals surface area contributed by atoms with E-state index in [1.807, 2.05) is 0 Å². The van der Waals surface area contributed by atoms with E-state index in [0.717, 1.165) is 32.0 Å². The summed E-state index contributed by atoms with van der Waals surface area (Å²) >= 11 is 0. The zero-order valence-corrected chi connectivity index (χ0v) is 15.6. The lowest BCUT2D eigenvalue weighted by molar-refractivity contribution is -0.145. The maximum Gasteiger partial charge on any atom is 0.311 e. The SMILES string of the molecule is CC1CCCN(CC2C(=O)O[C@@H]3C[C@@]4(C)CCC[C@H](C)C4=C[C@H]23)C1. The molecular formula is C21H33NO2. The number of hydrogen-bond donors (Lipinski definition) is 0. The van der Waals surface area contributed by atoms with Gasteiger partial charge in [0, 0.05) is 19.0 Å². The molecule has 0 aromatic rings. The Hall–Kier alpha value is -0.830. The monoisotopic (exact) mass is 331 g/mol. The van der Waals surface area contributed by atoms with Crippen molar-refractivity contribution in [2.75, 3.05) is 19.6 Å². The van der Waals surface area contributed by atoms with Crippen molar-refractivity contribution in [3.05, 3.63) is 11.6 Å². The molecule has 0 spiro atoms. The summed E-state index contributed by atoms with van der Waals surface area (Å²) in [6.45, 7) is 10.3. The van der Waals surface area contributed by atoms with Crippen LogP contribution >= 0.6 is 0 Å². The van der Waals surface area contributed by atoms with Gasteiger partial charge in [-0.3, -0.25) is 4.79 Å². The van der Waals surface area contributed by atoms with Gasteiger partial charge < -0.3 is 9.64 Å². The summed E-state index contributed by atoms with van der Waals surface area (Å²) in [6.07, 6.45) is 10.2. The lowest BCUT2D eigenvalue weighted by Gasteiger charge is -2.46. The van der Waals surface area contributed by atoms with Crippen molar-refractivity contribution in [2.45, 2.75) is 65.4 Å². The minimum Gasteiger partial charge on any atom is -0.461 e. The third-order valence-corrected chi connectivity index (χ3v) is 7.28. The van der Waals surface area contributed by atoms with Crippen LogP contribution in [0.4, 0.5) is 0 Å². The quantitative estimate of drug-likeness (QED) is 0.565. The van der Waals surface area contributed by atoms with E-state index >= 15 is 0 Å². The number of rotatable bonds is 2. The van der Waals surface area contributed by atoms with Gasteiger partial charge in [0.15, 0.2) is 0 Å². The third kappa shape index (κ3) is 2.83. The average molecular weight is 332 g/mol. The van der Waals surface area contributed by atoms with Crippen LogP contribution in [0.25, 0.3) is 0 Å². The first-order valence-corrected chi connectivity index (χ1v) is 10.1. The van der Waals surface area contributed by atoms with Crippen molar-refractivity contribution >= 4 is 5.97 Å². The van der Waals surface area contributed by atoms with Gasteiger partial charge in [-0.1, -0.05) is 38.8 Å². The molecule has 3 fully saturated rings. The number of piperidine rings is 1. The van der Waals surface area contributed by atoms with Crippen LogP contribution in [0.3, 0.4) is 0 Å². The molecule has 3 heteroatoms. The Morgan fingerprint density at radius 1 is 1.29 bits per heavy atom. The van der Waals surface area contributed by atoms with Crippen molar-refractivity contribution in [1.82, 2.24) is 4.90 Å². The van der Waals surface area contributed by atoms with Crippen molar-refractivity contribution in [3.63, 3.8) is 0 Å². The van der Waals surface area contributed by atoms with E-state index in [4.69, 9.17) is 4.74 Å². The van der Waals surface area contributed by atoms with Crippen LogP contribution in [0.5, 0.6) is 0 Å². The number of carbonyl (C=O) groups excluding carboxylic acids is 1. The molecule has 0 aromatic heterocycles. The Bertz CT molecular complexity index is 542. The molecule has 1 saturated carbocycles. The van der Waals surface area contributed by atoms with Crippen LogP contribution in [-0.2, 0) is 9.53 Å². The molecule has 24 heavy (non-hydrogen) atoms. The molecule has 2 saturated heterocycles. The maximum absolute atomic E-state index is 12.6. The fraction of sp³-hybridized carbons (Fsp3) is 0.857. The highest BCUT2D eigenvalue weighted by molar-refractivity contribution is 5.76. The van der Waals surface area contributed by atoms with E-state index < -0.39 is 0 Å². The molecule has 2 aliphatic carbocycles. The number of allylic oxidation sites excluding steroid dienone is 1. The van der Waals surface area contributed by atoms with Gasteiger partial charge in [-0.2, -0.15) is 0 Å². The topological polar surface area (TPSA) is 29.5 Å². The molecule has 0 aromatic carbocycles. The normalized spacial score (nSPS) is 46.0. The van der Waals surface area contributed by atoms with E-state index in [1.165, 1.54) is 32.1 Å². The summed E-state index contributed by atoms with van der Waals surface area (Å²) in [6, 6.07) is 0. The predicted molar refractivity (Wildman–Crippen MR) is 95.5 cm³/mol. The summed E-state index contributed by atoms with van der Waals surface area (Å²) in [7, 11) is 0. The van der Waals surface area contributed by atoms with E-state index in [2.05, 4.69) is 31.7 Å². The fourth-order valence-electron chi connectivity index (χ4n) is 5.99. The summed E-state index contributed by atoms with van der Waals surface area (Å²) in [4.78, 5) is 15.1. The highest BCUT2D eigenvalue weighted by atomic mass is 16.6. The first kappa shape index (κ1) is 16.6. The smallest absolute Gasteiger partial charge is 0.311 e. The van der Waals surface area contributed by atoms with Crippen LogP contribution in [0.15, 0.2) is 11.6 Å². The number of ether oxygens (including phenoxy) is 1. The molecule has 0 amide bonds. The number of nitrogens with zero attached hydrogens (tertiary/aromatic N) is 1. The average Bonchev–Trinajstić information content (AvgIpc) is 2.80. The molecule has 4 rings (SSSR count). The summed E-state index contributed by atoms with van der Waals surface area (Å²) < 4.78 is 5.89. The van der Waals surface area contributed by atoms with Gasteiger partial charge >= 0.3 is 5.97 Å². The Kier molecular flexibility index (Phi) is 4.27. The molecule has 3 nitrogen and oxygen atoms in total. The summed E-state index contributed by atoms with van der Waals surface area (Å²) in [5.41, 5.74) is 1.90. The second kappa shape index (κ2) is 6.16. The number of esters is 1. The van der Waals surface area contributed by atoms with Crippen molar-refractivity contribution in [3.8, 4) is 0 Å². The van der Waals surface area contributed by atoms with E-state index in [9.17, 15) is 4.79 Å². The molecular weight excluding hydrogens is 298 g/mol. The van der Waals surface area contributed by atoms with Crippen molar-refractivity contribution in [1.29, 1.82) is 0 Å². The molecule has 6 atom stereocenters. The largest absolute Gasteiger partial charge is 0.461 e. The molecule has 134 valence electrons. The van der Waals surface area contributed by atoms with Crippen LogP contribution in [0, 0.1) is 29.1 Å². The molecule has 0 radical (unpaired) electrons. The molecule has 0 N–H and O–H groups in total. The van der Waals surface area contributed by atoms with Gasteiger partial charge in [-0.05, 0) is 55.9 Å². The minimum absolute atomic E-state index is 0.0616. The molecule has 4 aliphatic rings. The molecule has 0 bridgehead atoms. The molecule has 2 heterocycles. The first-order valence-electron chi connectivity index (χ1n) is 10.1. The van der Waals surface area contributed by atoms with Crippen LogP contribution in [0.2, 0.25) is 0 Å². The predicted octanol–water partition coefficient (Wildman–Crippen LogP) is 4.03. The van der Waals surface area contributed by atoms with Gasteiger partial charge in [0.25, 0.3) is 0 Å². The van der Waals surface area contributed by atoms with Gasteiger partial charge in [0.2, 0.25) is 0 Å². The van der Waals surface area contributed by atoms with Crippen molar-refractivity contribution < 1.29 is 9.53 Å². The van der Waals surface area contributed by atoms with Crippen LogP contribution < -0.4 is 0 Å². The van der Waals surface area contributed by atoms with Crippen molar-refractivity contribution in [2.24, 2.45) is 29.1 Å². The highest BCUT2D eigenvalue weighted by Crippen LogP contribution is 2.54. The third-order valence-electron chi connectivity index (χ3n) is 7.28. The number of carbonyl (C=O) groups is 1. The van der Waals surface area contributed by atoms with Crippen LogP contribution in [-0.4, -0.2) is 36.6 Å². The Balaban J connectivity index is 1.55. The maximum atomic E-state index is 12.6. The van der Waals surface area contributed by atoms with Crippen LogP contribution in [0.1, 0.15) is 59.3 Å². The lowest BCUT2D eigenvalue weighted by atomic mass is 9.59. The Labute approximate surface area is 146 Å². The van der Waals surface area contributed by atoms with E-state index in [-0.39, 0.29) is 23.4 Å². The highest BCUT2D eigenvalue weighted by Gasteiger charge is 2.51. The number of fused-ring (bicyclic) bond motifs is 2. The number of likely N-dealkylation sites (tertiary alicyclic amines) is 1. The zero-order chi connectivity index (χ0) is 16.9. The van der Waals surface area contributed by atoms with Gasteiger partial charge in [0.05, 0.1) is 5.92 Å². The Morgan fingerprint density at radius 2 is 2.12 bits per heavy atom.